The van der Waals surface area contributed by atoms with E-state index in [9.17, 15) is 0 Å². The van der Waals surface area contributed by atoms with Crippen LogP contribution in [0.3, 0.4) is 0 Å². The summed E-state index contributed by atoms with van der Waals surface area (Å²) in [7, 11) is 1.68. The summed E-state index contributed by atoms with van der Waals surface area (Å²) in [6, 6.07) is 3.51. The van der Waals surface area contributed by atoms with E-state index in [0.717, 1.165) is 49.8 Å². The number of ether oxygens (including phenoxy) is 1. The van der Waals surface area contributed by atoms with Crippen LogP contribution in [0.5, 0.6) is 5.75 Å². The van der Waals surface area contributed by atoms with Gasteiger partial charge in [-0.15, -0.1) is 0 Å². The zero-order valence-corrected chi connectivity index (χ0v) is 24.6. The lowest BCUT2D eigenvalue weighted by Gasteiger charge is -2.49. The fourth-order valence-corrected chi connectivity index (χ4v) is 5.59. The van der Waals surface area contributed by atoms with Crippen molar-refractivity contribution in [2.24, 2.45) is 0 Å². The van der Waals surface area contributed by atoms with Gasteiger partial charge in [0.05, 0.1) is 19.9 Å². The van der Waals surface area contributed by atoms with E-state index in [0.29, 0.717) is 42.0 Å². The normalized spacial score (nSPS) is 17.1. The predicted molar refractivity (Wildman–Crippen MR) is 159 cm³/mol. The second-order valence-corrected chi connectivity index (χ2v) is 11.2. The third kappa shape index (κ3) is 7.18. The number of nitrogens with zero attached hydrogens (tertiary/aromatic N) is 7. The Hall–Kier alpha value is -3.02. The first-order valence-electron chi connectivity index (χ1n) is 14.7. The van der Waals surface area contributed by atoms with Crippen molar-refractivity contribution >= 4 is 22.8 Å². The van der Waals surface area contributed by atoms with Gasteiger partial charge in [0.25, 0.3) is 0 Å². The number of likely N-dealkylation sites (tertiary alicyclic amines) is 2. The number of methoxy groups -OCH3 is 1. The minimum atomic E-state index is 0.139. The number of aromatic nitrogens is 5. The zero-order valence-electron chi connectivity index (χ0n) is 24.6. The Morgan fingerprint density at radius 1 is 1.07 bits per heavy atom. The summed E-state index contributed by atoms with van der Waals surface area (Å²) >= 11 is 0. The highest BCUT2D eigenvalue weighted by atomic mass is 16.5. The predicted octanol–water partition coefficient (Wildman–Crippen LogP) is 3.27. The van der Waals surface area contributed by atoms with Crippen LogP contribution in [-0.4, -0.2) is 91.6 Å². The number of nitrogen functional groups attached to an aromatic ring is 2. The van der Waals surface area contributed by atoms with E-state index in [-0.39, 0.29) is 5.95 Å². The Bertz CT molecular complexity index is 1210. The standard InChI is InChI=1S/C23H33N9O.C6H14O/c1-14(2)31-11-17(12-31)30-6-4-15(5-7-30)16-8-20(33-3)19(26-9-16)13-32-21-18(10-27-32)28-23(25)29-22(21)24;1-2-3-4-5-6-7/h8-10,14-15,17H,4-7,11-13H2,1-3H3,(H4,24,25,28,29);7H,2-6H2,1H3. The van der Waals surface area contributed by atoms with Gasteiger partial charge in [0.1, 0.15) is 22.5 Å². The van der Waals surface area contributed by atoms with Gasteiger partial charge in [-0.1, -0.05) is 26.2 Å². The average Bonchev–Trinajstić information content (AvgIpc) is 3.31. The minimum absolute atomic E-state index is 0.139. The Morgan fingerprint density at radius 3 is 2.48 bits per heavy atom. The number of nitrogens with two attached hydrogens (primary N) is 2. The molecule has 11 heteroatoms. The topological polar surface area (TPSA) is 144 Å². The van der Waals surface area contributed by atoms with Crippen molar-refractivity contribution in [3.8, 4) is 5.75 Å². The third-order valence-corrected chi connectivity index (χ3v) is 8.15. The van der Waals surface area contributed by atoms with Crippen LogP contribution in [0.15, 0.2) is 18.5 Å². The molecule has 5 N–H and O–H groups in total. The molecule has 3 aromatic rings. The molecule has 3 aromatic heterocycles. The van der Waals surface area contributed by atoms with Gasteiger partial charge in [0, 0.05) is 38.0 Å². The van der Waals surface area contributed by atoms with E-state index < -0.39 is 0 Å². The highest BCUT2D eigenvalue weighted by Gasteiger charge is 2.35. The van der Waals surface area contributed by atoms with Crippen LogP contribution in [0.4, 0.5) is 11.8 Å². The average molecular weight is 554 g/mol. The van der Waals surface area contributed by atoms with Gasteiger partial charge in [-0.3, -0.25) is 19.5 Å². The molecule has 0 aromatic carbocycles. The number of hydrogen-bond donors (Lipinski definition) is 3. The van der Waals surface area contributed by atoms with Crippen molar-refractivity contribution < 1.29 is 9.84 Å². The quantitative estimate of drug-likeness (QED) is 0.320. The molecule has 0 unspecified atom stereocenters. The molecule has 0 aliphatic carbocycles. The maximum Gasteiger partial charge on any atom is 0.222 e. The Balaban J connectivity index is 0.000000470. The van der Waals surface area contributed by atoms with Crippen molar-refractivity contribution in [2.75, 3.05) is 51.4 Å². The Labute approximate surface area is 237 Å². The number of anilines is 2. The first kappa shape index (κ1) is 30.0. The van der Waals surface area contributed by atoms with Crippen LogP contribution in [0, 0.1) is 0 Å². The van der Waals surface area contributed by atoms with Crippen molar-refractivity contribution in [3.05, 3.63) is 29.7 Å². The van der Waals surface area contributed by atoms with E-state index in [1.807, 2.05) is 6.20 Å². The van der Waals surface area contributed by atoms with Gasteiger partial charge in [0.15, 0.2) is 5.82 Å². The van der Waals surface area contributed by atoms with Crippen molar-refractivity contribution in [2.45, 2.75) is 83.8 Å². The van der Waals surface area contributed by atoms with Crippen LogP contribution in [0.1, 0.15) is 76.5 Å². The lowest BCUT2D eigenvalue weighted by Crippen LogP contribution is -2.62. The molecule has 220 valence electrons. The molecule has 0 saturated carbocycles. The van der Waals surface area contributed by atoms with E-state index in [1.54, 1.807) is 18.0 Å². The Morgan fingerprint density at radius 2 is 1.82 bits per heavy atom. The first-order valence-corrected chi connectivity index (χ1v) is 14.7. The van der Waals surface area contributed by atoms with Crippen molar-refractivity contribution in [1.82, 2.24) is 34.5 Å². The minimum Gasteiger partial charge on any atom is -0.495 e. The van der Waals surface area contributed by atoms with Crippen LogP contribution >= 0.6 is 0 Å². The van der Waals surface area contributed by atoms with Crippen LogP contribution in [0.25, 0.3) is 11.0 Å². The molecule has 2 saturated heterocycles. The maximum atomic E-state index is 8.29. The van der Waals surface area contributed by atoms with Crippen LogP contribution < -0.4 is 16.2 Å². The van der Waals surface area contributed by atoms with Gasteiger partial charge in [-0.2, -0.15) is 10.1 Å². The molecule has 0 atom stereocenters. The molecule has 0 spiro atoms. The number of aliphatic hydroxyl groups excluding tert-OH is 1. The van der Waals surface area contributed by atoms with E-state index in [1.165, 1.54) is 37.9 Å². The third-order valence-electron chi connectivity index (χ3n) is 8.15. The number of rotatable bonds is 10. The molecule has 0 amide bonds. The molecular formula is C29H47N9O2. The number of aliphatic hydroxyl groups is 1. The highest BCUT2D eigenvalue weighted by Crippen LogP contribution is 2.33. The van der Waals surface area contributed by atoms with Gasteiger partial charge in [0.2, 0.25) is 5.95 Å². The lowest BCUT2D eigenvalue weighted by atomic mass is 9.88. The zero-order chi connectivity index (χ0) is 28.6. The molecule has 2 fully saturated rings. The van der Waals surface area contributed by atoms with Gasteiger partial charge in [-0.05, 0) is 63.7 Å². The SMILES string of the molecule is CCCCCCO.COc1cc(C2CCN(C3CN(C(C)C)C3)CC2)cnc1Cn1ncc2nc(N)nc(N)c21. The van der Waals surface area contributed by atoms with Gasteiger partial charge in [-0.25, -0.2) is 4.98 Å². The largest absolute Gasteiger partial charge is 0.495 e. The summed E-state index contributed by atoms with van der Waals surface area (Å²) in [5, 5.41) is 12.7. The summed E-state index contributed by atoms with van der Waals surface area (Å²) in [5.74, 6) is 1.72. The highest BCUT2D eigenvalue weighted by molar-refractivity contribution is 5.85. The van der Waals surface area contributed by atoms with E-state index in [2.05, 4.69) is 51.7 Å². The van der Waals surface area contributed by atoms with Crippen molar-refractivity contribution in [3.63, 3.8) is 0 Å². The summed E-state index contributed by atoms with van der Waals surface area (Å²) in [6.07, 6.45) is 10.6. The maximum absolute atomic E-state index is 8.29. The molecule has 2 aliphatic heterocycles. The summed E-state index contributed by atoms with van der Waals surface area (Å²) in [6.45, 7) is 12.2. The number of fused-ring (bicyclic) bond motifs is 1. The molecule has 40 heavy (non-hydrogen) atoms. The van der Waals surface area contributed by atoms with Gasteiger partial charge >= 0.3 is 0 Å². The molecule has 5 rings (SSSR count). The lowest BCUT2D eigenvalue weighted by molar-refractivity contribution is 0.00269. The molecule has 11 nitrogen and oxygen atoms in total. The summed E-state index contributed by atoms with van der Waals surface area (Å²) in [5.41, 5.74) is 15.1. The van der Waals surface area contributed by atoms with Crippen molar-refractivity contribution in [1.29, 1.82) is 0 Å². The number of unbranched alkanes of at least 4 members (excludes halogenated alkanes) is 3. The van der Waals surface area contributed by atoms with E-state index in [4.69, 9.17) is 26.3 Å². The monoisotopic (exact) mass is 553 g/mol. The van der Waals surface area contributed by atoms with Crippen LogP contribution in [-0.2, 0) is 6.54 Å². The molecule has 0 bridgehead atoms. The summed E-state index contributed by atoms with van der Waals surface area (Å²) < 4.78 is 7.45. The Kier molecular flexibility index (Phi) is 10.5. The fraction of sp³-hybridized carbons (Fsp3) is 0.655. The molecule has 2 aliphatic rings. The van der Waals surface area contributed by atoms with Crippen LogP contribution in [0.2, 0.25) is 0 Å². The number of pyridine rings is 1. The molecular weight excluding hydrogens is 506 g/mol. The summed E-state index contributed by atoms with van der Waals surface area (Å²) in [4.78, 5) is 18.2. The second kappa shape index (κ2) is 14.0. The first-order chi connectivity index (χ1) is 19.3. The molecule has 0 radical (unpaired) electrons. The van der Waals surface area contributed by atoms with Gasteiger partial charge < -0.3 is 21.3 Å². The number of hydrogen-bond acceptors (Lipinski definition) is 10. The molecule has 5 heterocycles. The van der Waals surface area contributed by atoms with E-state index >= 15 is 0 Å². The second-order valence-electron chi connectivity index (χ2n) is 11.2. The smallest absolute Gasteiger partial charge is 0.222 e. The number of piperidine rings is 1. The fourth-order valence-electron chi connectivity index (χ4n) is 5.59.